The molecule has 9 heteroatoms. The number of hydrogen-bond acceptors (Lipinski definition) is 5. The lowest BCUT2D eigenvalue weighted by Crippen LogP contribution is -2.47. The number of aryl methyl sites for hydroxylation is 1. The standard InChI is InChI=1S/C19H21N7O2/c1-13-20-10-16-24(2)19(28)15(8-9-26(13)16)22-18(27)17-21-12-25(23-17)11-14-6-4-3-5-7-14/h3-7,10,12,15H,8-9,11H2,1-2H3,(H,22,27). The van der Waals surface area contributed by atoms with E-state index in [1.54, 1.807) is 17.9 Å². The van der Waals surface area contributed by atoms with Crippen molar-refractivity contribution in [1.82, 2.24) is 29.6 Å². The fraction of sp³-hybridized carbons (Fsp3) is 0.316. The second kappa shape index (κ2) is 7.26. The number of aromatic nitrogens is 5. The Morgan fingerprint density at radius 2 is 2.04 bits per heavy atom. The molecule has 0 saturated heterocycles. The van der Waals surface area contributed by atoms with E-state index in [2.05, 4.69) is 20.4 Å². The van der Waals surface area contributed by atoms with Crippen molar-refractivity contribution in [3.05, 3.63) is 60.1 Å². The zero-order valence-corrected chi connectivity index (χ0v) is 15.7. The minimum Gasteiger partial charge on any atom is -0.337 e. The molecule has 0 spiro atoms. The molecule has 1 unspecified atom stereocenters. The lowest BCUT2D eigenvalue weighted by molar-refractivity contribution is -0.120. The first kappa shape index (κ1) is 17.9. The summed E-state index contributed by atoms with van der Waals surface area (Å²) in [6, 6.07) is 9.15. The summed E-state index contributed by atoms with van der Waals surface area (Å²) in [4.78, 5) is 35.2. The van der Waals surface area contributed by atoms with E-state index in [4.69, 9.17) is 0 Å². The summed E-state index contributed by atoms with van der Waals surface area (Å²) in [5, 5.41) is 7.01. The van der Waals surface area contributed by atoms with E-state index in [-0.39, 0.29) is 11.7 Å². The minimum atomic E-state index is -0.641. The summed E-state index contributed by atoms with van der Waals surface area (Å²) < 4.78 is 3.57. The van der Waals surface area contributed by atoms with Gasteiger partial charge in [-0.25, -0.2) is 14.6 Å². The molecule has 1 aromatic carbocycles. The average molecular weight is 379 g/mol. The van der Waals surface area contributed by atoms with Gasteiger partial charge in [0.15, 0.2) is 0 Å². The number of anilines is 1. The summed E-state index contributed by atoms with van der Waals surface area (Å²) in [5.74, 6) is 0.969. The number of hydrogen-bond donors (Lipinski definition) is 1. The molecule has 2 amide bonds. The minimum absolute atomic E-state index is 0.0492. The number of benzene rings is 1. The van der Waals surface area contributed by atoms with Crippen molar-refractivity contribution >= 4 is 17.6 Å². The largest absolute Gasteiger partial charge is 0.337 e. The first-order valence-electron chi connectivity index (χ1n) is 9.07. The van der Waals surface area contributed by atoms with E-state index in [0.29, 0.717) is 19.5 Å². The van der Waals surface area contributed by atoms with Crippen LogP contribution in [0.3, 0.4) is 0 Å². The van der Waals surface area contributed by atoms with Gasteiger partial charge in [0, 0.05) is 13.6 Å². The molecule has 3 heterocycles. The molecule has 0 fully saturated rings. The van der Waals surface area contributed by atoms with Gasteiger partial charge in [0.2, 0.25) is 5.82 Å². The van der Waals surface area contributed by atoms with E-state index >= 15 is 0 Å². The Hall–Kier alpha value is -3.49. The van der Waals surface area contributed by atoms with E-state index in [0.717, 1.165) is 17.2 Å². The third-order valence-electron chi connectivity index (χ3n) is 4.88. The van der Waals surface area contributed by atoms with Crippen molar-refractivity contribution in [2.45, 2.75) is 32.5 Å². The molecule has 3 aromatic rings. The highest BCUT2D eigenvalue weighted by Crippen LogP contribution is 2.21. The van der Waals surface area contributed by atoms with Crippen molar-refractivity contribution in [2.24, 2.45) is 0 Å². The van der Waals surface area contributed by atoms with Crippen LogP contribution in [-0.4, -0.2) is 49.2 Å². The second-order valence-corrected chi connectivity index (χ2v) is 6.78. The number of imidazole rings is 1. The van der Waals surface area contributed by atoms with Gasteiger partial charge in [0.25, 0.3) is 11.8 Å². The van der Waals surface area contributed by atoms with Crippen molar-refractivity contribution in [3.63, 3.8) is 0 Å². The molecule has 0 bridgehead atoms. The number of nitrogens with one attached hydrogen (secondary N) is 1. The normalized spacial score (nSPS) is 16.6. The second-order valence-electron chi connectivity index (χ2n) is 6.78. The zero-order chi connectivity index (χ0) is 19.7. The number of amides is 2. The lowest BCUT2D eigenvalue weighted by Gasteiger charge is -2.19. The Morgan fingerprint density at radius 1 is 1.25 bits per heavy atom. The van der Waals surface area contributed by atoms with Crippen LogP contribution in [0.2, 0.25) is 0 Å². The molecule has 0 aliphatic carbocycles. The number of nitrogens with zero attached hydrogens (tertiary/aromatic N) is 6. The molecule has 0 radical (unpaired) electrons. The van der Waals surface area contributed by atoms with E-state index in [9.17, 15) is 9.59 Å². The van der Waals surface area contributed by atoms with Crippen molar-refractivity contribution < 1.29 is 9.59 Å². The maximum Gasteiger partial charge on any atom is 0.291 e. The van der Waals surface area contributed by atoms with Gasteiger partial charge in [-0.1, -0.05) is 30.3 Å². The van der Waals surface area contributed by atoms with Gasteiger partial charge in [-0.05, 0) is 18.9 Å². The third-order valence-corrected chi connectivity index (χ3v) is 4.88. The van der Waals surface area contributed by atoms with Crippen LogP contribution in [0.25, 0.3) is 0 Å². The number of likely N-dealkylation sites (N-methyl/N-ethyl adjacent to an activating group) is 1. The smallest absolute Gasteiger partial charge is 0.291 e. The van der Waals surface area contributed by atoms with Crippen LogP contribution in [0, 0.1) is 6.92 Å². The fourth-order valence-electron chi connectivity index (χ4n) is 3.33. The average Bonchev–Trinajstić information content (AvgIpc) is 3.28. The fourth-order valence-corrected chi connectivity index (χ4v) is 3.33. The summed E-state index contributed by atoms with van der Waals surface area (Å²) in [6.07, 6.45) is 3.66. The molecule has 28 heavy (non-hydrogen) atoms. The first-order valence-corrected chi connectivity index (χ1v) is 9.07. The number of rotatable bonds is 4. The van der Waals surface area contributed by atoms with Gasteiger partial charge in [-0.2, -0.15) is 0 Å². The molecule has 1 atom stereocenters. The van der Waals surface area contributed by atoms with Gasteiger partial charge in [-0.15, -0.1) is 5.10 Å². The topological polar surface area (TPSA) is 97.9 Å². The molecule has 1 aliphatic heterocycles. The highest BCUT2D eigenvalue weighted by Gasteiger charge is 2.31. The molecular formula is C19H21N7O2. The van der Waals surface area contributed by atoms with Gasteiger partial charge < -0.3 is 9.88 Å². The molecule has 1 aliphatic rings. The maximum absolute atomic E-state index is 12.8. The summed E-state index contributed by atoms with van der Waals surface area (Å²) in [5.41, 5.74) is 1.06. The summed E-state index contributed by atoms with van der Waals surface area (Å²) in [7, 11) is 1.69. The Labute approximate surface area is 162 Å². The van der Waals surface area contributed by atoms with Crippen LogP contribution in [0.1, 0.15) is 28.4 Å². The molecule has 9 nitrogen and oxygen atoms in total. The Balaban J connectivity index is 1.44. The van der Waals surface area contributed by atoms with Gasteiger partial charge in [0.05, 0.1) is 12.7 Å². The van der Waals surface area contributed by atoms with Crippen LogP contribution in [0.15, 0.2) is 42.9 Å². The van der Waals surface area contributed by atoms with Crippen LogP contribution >= 0.6 is 0 Å². The molecule has 2 aromatic heterocycles. The molecule has 4 rings (SSSR count). The Morgan fingerprint density at radius 3 is 2.82 bits per heavy atom. The van der Waals surface area contributed by atoms with Crippen LogP contribution < -0.4 is 10.2 Å². The monoisotopic (exact) mass is 379 g/mol. The quantitative estimate of drug-likeness (QED) is 0.729. The van der Waals surface area contributed by atoms with Crippen LogP contribution in [0.4, 0.5) is 5.82 Å². The molecule has 1 N–H and O–H groups in total. The highest BCUT2D eigenvalue weighted by atomic mass is 16.2. The first-order chi connectivity index (χ1) is 13.5. The predicted octanol–water partition coefficient (Wildman–Crippen LogP) is 0.996. The van der Waals surface area contributed by atoms with Gasteiger partial charge in [-0.3, -0.25) is 14.5 Å². The van der Waals surface area contributed by atoms with E-state index < -0.39 is 11.9 Å². The zero-order valence-electron chi connectivity index (χ0n) is 15.7. The summed E-state index contributed by atoms with van der Waals surface area (Å²) >= 11 is 0. The molecule has 0 saturated carbocycles. The molecule has 144 valence electrons. The van der Waals surface area contributed by atoms with Crippen LogP contribution in [-0.2, 0) is 17.9 Å². The van der Waals surface area contributed by atoms with Crippen molar-refractivity contribution in [3.8, 4) is 0 Å². The Bertz CT molecular complexity index is 1010. The van der Waals surface area contributed by atoms with Crippen LogP contribution in [0.5, 0.6) is 0 Å². The van der Waals surface area contributed by atoms with Crippen molar-refractivity contribution in [2.75, 3.05) is 11.9 Å². The SMILES string of the molecule is Cc1ncc2n1CCC(NC(=O)c1ncn(Cc3ccccc3)n1)C(=O)N2C. The van der Waals surface area contributed by atoms with Gasteiger partial charge in [0.1, 0.15) is 24.0 Å². The Kier molecular flexibility index (Phi) is 4.64. The number of carbonyl (C=O) groups is 2. The third kappa shape index (κ3) is 3.38. The summed E-state index contributed by atoms with van der Waals surface area (Å²) in [6.45, 7) is 3.01. The number of carbonyl (C=O) groups excluding carboxylic acids is 2. The predicted molar refractivity (Wildman–Crippen MR) is 102 cm³/mol. The lowest BCUT2D eigenvalue weighted by atomic mass is 10.2. The van der Waals surface area contributed by atoms with E-state index in [1.807, 2.05) is 41.8 Å². The molecular weight excluding hydrogens is 358 g/mol. The van der Waals surface area contributed by atoms with Crippen molar-refractivity contribution in [1.29, 1.82) is 0 Å². The number of fused-ring (bicyclic) bond motifs is 1. The maximum atomic E-state index is 12.8. The van der Waals surface area contributed by atoms with E-state index in [1.165, 1.54) is 11.2 Å². The van der Waals surface area contributed by atoms with Gasteiger partial charge >= 0.3 is 0 Å². The highest BCUT2D eigenvalue weighted by molar-refractivity contribution is 6.00.